The van der Waals surface area contributed by atoms with E-state index in [-0.39, 0.29) is 31.0 Å². The van der Waals surface area contributed by atoms with E-state index >= 15 is 0 Å². The average molecular weight is 174 g/mol. The topological polar surface area (TPSA) is 38.7 Å². The van der Waals surface area contributed by atoms with Crippen LogP contribution >= 0.6 is 0 Å². The molecule has 0 spiro atoms. The molecule has 3 nitrogen and oxygen atoms in total. The van der Waals surface area contributed by atoms with Gasteiger partial charge in [0.15, 0.2) is 0 Å². The molecule has 0 unspecified atom stereocenters. The minimum absolute atomic E-state index is 0.0573. The van der Waals surface area contributed by atoms with Crippen molar-refractivity contribution in [2.75, 3.05) is 6.61 Å². The summed E-state index contributed by atoms with van der Waals surface area (Å²) in [7, 11) is 0. The Morgan fingerprint density at radius 2 is 2.25 bits per heavy atom. The van der Waals surface area contributed by atoms with Gasteiger partial charge in [0.25, 0.3) is 0 Å². The zero-order chi connectivity index (χ0) is 9.14. The van der Waals surface area contributed by atoms with Crippen LogP contribution in [0.2, 0.25) is 0 Å². The Kier molecular flexibility index (Phi) is 3.50. The molecule has 0 bridgehead atoms. The predicted octanol–water partition coefficient (Wildman–Crippen LogP) is 0.950. The maximum Gasteiger partial charge on any atom is 0.107 e. The fourth-order valence-corrected chi connectivity index (χ4v) is 1.57. The van der Waals surface area contributed by atoms with Crippen molar-refractivity contribution in [2.45, 2.75) is 51.6 Å². The lowest BCUT2D eigenvalue weighted by Gasteiger charge is -2.19. The van der Waals surface area contributed by atoms with Crippen LogP contribution < -0.4 is 0 Å². The Balaban J connectivity index is 2.40. The van der Waals surface area contributed by atoms with Crippen molar-refractivity contribution >= 4 is 0 Å². The molecule has 1 N–H and O–H groups in total. The Labute approximate surface area is 73.7 Å². The Bertz CT molecular complexity index is 136. The molecule has 0 aliphatic carbocycles. The van der Waals surface area contributed by atoms with E-state index in [2.05, 4.69) is 0 Å². The molecule has 3 atom stereocenters. The van der Waals surface area contributed by atoms with Crippen molar-refractivity contribution in [1.29, 1.82) is 0 Å². The second-order valence-electron chi connectivity index (χ2n) is 3.63. The highest BCUT2D eigenvalue weighted by Gasteiger charge is 2.33. The minimum Gasteiger partial charge on any atom is -0.394 e. The molecule has 0 aromatic rings. The number of ether oxygens (including phenoxy) is 2. The average Bonchev–Trinajstić information content (AvgIpc) is 2.29. The van der Waals surface area contributed by atoms with Crippen LogP contribution in [0, 0.1) is 0 Å². The summed E-state index contributed by atoms with van der Waals surface area (Å²) in [6.07, 6.45) is 1.26. The normalized spacial score (nSPS) is 36.2. The molecule has 1 aliphatic rings. The number of aliphatic hydroxyl groups is 1. The summed E-state index contributed by atoms with van der Waals surface area (Å²) < 4.78 is 11.0. The summed E-state index contributed by atoms with van der Waals surface area (Å²) in [5.41, 5.74) is 0. The van der Waals surface area contributed by atoms with Crippen molar-refractivity contribution < 1.29 is 14.6 Å². The van der Waals surface area contributed by atoms with Gasteiger partial charge < -0.3 is 14.6 Å². The van der Waals surface area contributed by atoms with Crippen LogP contribution in [-0.2, 0) is 9.47 Å². The monoisotopic (exact) mass is 174 g/mol. The molecule has 0 aromatic heterocycles. The molecule has 0 radical (unpaired) electrons. The molecule has 0 amide bonds. The van der Waals surface area contributed by atoms with Gasteiger partial charge in [-0.2, -0.15) is 0 Å². The first-order valence-corrected chi connectivity index (χ1v) is 4.55. The van der Waals surface area contributed by atoms with E-state index in [9.17, 15) is 0 Å². The number of aliphatic hydroxyl groups excluding tert-OH is 1. The van der Waals surface area contributed by atoms with Crippen molar-refractivity contribution in [3.63, 3.8) is 0 Å². The molecule has 3 heteroatoms. The van der Waals surface area contributed by atoms with Crippen LogP contribution in [0.25, 0.3) is 0 Å². The van der Waals surface area contributed by atoms with Crippen molar-refractivity contribution in [2.24, 2.45) is 0 Å². The molecule has 0 saturated carbocycles. The van der Waals surface area contributed by atoms with Crippen LogP contribution in [0.5, 0.6) is 0 Å². The zero-order valence-electron chi connectivity index (χ0n) is 7.99. The second kappa shape index (κ2) is 4.21. The van der Waals surface area contributed by atoms with Crippen LogP contribution in [-0.4, -0.2) is 36.1 Å². The lowest BCUT2D eigenvalue weighted by Crippen LogP contribution is -2.29. The number of hydrogen-bond acceptors (Lipinski definition) is 3. The number of rotatable bonds is 3. The molecular weight excluding hydrogens is 156 g/mol. The van der Waals surface area contributed by atoms with Gasteiger partial charge in [-0.25, -0.2) is 0 Å². The third-order valence-corrected chi connectivity index (χ3v) is 2.01. The predicted molar refractivity (Wildman–Crippen MR) is 46.0 cm³/mol. The van der Waals surface area contributed by atoms with E-state index < -0.39 is 0 Å². The molecule has 1 rings (SSSR count). The van der Waals surface area contributed by atoms with Gasteiger partial charge in [-0.15, -0.1) is 0 Å². The van der Waals surface area contributed by atoms with Gasteiger partial charge in [0.2, 0.25) is 0 Å². The summed E-state index contributed by atoms with van der Waals surface area (Å²) in [6.45, 7) is 6.06. The summed E-state index contributed by atoms with van der Waals surface area (Å²) in [6, 6.07) is 0. The van der Waals surface area contributed by atoms with Gasteiger partial charge in [0, 0.05) is 6.42 Å². The molecule has 1 heterocycles. The number of hydrogen-bond donors (Lipinski definition) is 1. The van der Waals surface area contributed by atoms with Crippen LogP contribution in [0.1, 0.15) is 27.2 Å². The molecule has 1 fully saturated rings. The van der Waals surface area contributed by atoms with Gasteiger partial charge in [-0.3, -0.25) is 0 Å². The van der Waals surface area contributed by atoms with Crippen molar-refractivity contribution in [1.82, 2.24) is 0 Å². The second-order valence-corrected chi connectivity index (χ2v) is 3.63. The first-order chi connectivity index (χ1) is 5.63. The Morgan fingerprint density at radius 1 is 1.58 bits per heavy atom. The maximum absolute atomic E-state index is 8.96. The lowest BCUT2D eigenvalue weighted by atomic mass is 10.1. The van der Waals surface area contributed by atoms with Gasteiger partial charge in [0.1, 0.15) is 6.10 Å². The molecule has 1 saturated heterocycles. The summed E-state index contributed by atoms with van der Waals surface area (Å²) in [4.78, 5) is 0. The van der Waals surface area contributed by atoms with E-state index in [4.69, 9.17) is 14.6 Å². The molecular formula is C9H18O3. The summed E-state index contributed by atoms with van der Waals surface area (Å²) >= 11 is 0. The van der Waals surface area contributed by atoms with Crippen molar-refractivity contribution in [3.8, 4) is 0 Å². The smallest absolute Gasteiger partial charge is 0.107 e. The molecule has 72 valence electrons. The minimum atomic E-state index is -0.123. The van der Waals surface area contributed by atoms with Gasteiger partial charge >= 0.3 is 0 Å². The third kappa shape index (κ3) is 2.44. The standard InChI is InChI=1S/C9H18O3/c1-6(2)11-8-4-7(3)12-9(8)5-10/h6-10H,4-5H2,1-3H3/t7-,8+,9+/m0/s1. The van der Waals surface area contributed by atoms with Crippen molar-refractivity contribution in [3.05, 3.63) is 0 Å². The lowest BCUT2D eigenvalue weighted by molar-refractivity contribution is -0.0626. The first-order valence-electron chi connectivity index (χ1n) is 4.55. The van der Waals surface area contributed by atoms with E-state index in [0.29, 0.717) is 0 Å². The highest BCUT2D eigenvalue weighted by Crippen LogP contribution is 2.23. The highest BCUT2D eigenvalue weighted by atomic mass is 16.6. The summed E-state index contributed by atoms with van der Waals surface area (Å²) in [5, 5.41) is 8.96. The Hall–Kier alpha value is -0.120. The van der Waals surface area contributed by atoms with Gasteiger partial charge in [-0.05, 0) is 20.8 Å². The van der Waals surface area contributed by atoms with Gasteiger partial charge in [0.05, 0.1) is 24.9 Å². The summed E-state index contributed by atoms with van der Waals surface area (Å²) in [5.74, 6) is 0. The molecule has 1 aliphatic heterocycles. The third-order valence-electron chi connectivity index (χ3n) is 2.01. The zero-order valence-corrected chi connectivity index (χ0v) is 7.99. The van der Waals surface area contributed by atoms with E-state index in [1.165, 1.54) is 0 Å². The van der Waals surface area contributed by atoms with Crippen LogP contribution in [0.4, 0.5) is 0 Å². The van der Waals surface area contributed by atoms with Crippen LogP contribution in [0.3, 0.4) is 0 Å². The molecule has 12 heavy (non-hydrogen) atoms. The Morgan fingerprint density at radius 3 is 2.75 bits per heavy atom. The fourth-order valence-electron chi connectivity index (χ4n) is 1.57. The fraction of sp³-hybridized carbons (Fsp3) is 1.00. The maximum atomic E-state index is 8.96. The van der Waals surface area contributed by atoms with E-state index in [0.717, 1.165) is 6.42 Å². The largest absolute Gasteiger partial charge is 0.394 e. The van der Waals surface area contributed by atoms with Crippen LogP contribution in [0.15, 0.2) is 0 Å². The van der Waals surface area contributed by atoms with E-state index in [1.807, 2.05) is 20.8 Å². The highest BCUT2D eigenvalue weighted by molar-refractivity contribution is 4.81. The first kappa shape index (κ1) is 9.96. The SMILES string of the molecule is CC(C)O[C@@H]1C[C@H](C)O[C@@H]1CO. The quantitative estimate of drug-likeness (QED) is 0.692. The van der Waals surface area contributed by atoms with E-state index in [1.54, 1.807) is 0 Å². The van der Waals surface area contributed by atoms with Gasteiger partial charge in [-0.1, -0.05) is 0 Å². The molecule has 0 aromatic carbocycles.